The van der Waals surface area contributed by atoms with Crippen LogP contribution in [0.15, 0.2) is 60.8 Å². The van der Waals surface area contributed by atoms with Crippen molar-refractivity contribution in [2.45, 2.75) is 50.9 Å². The molecule has 0 bridgehead atoms. The number of nitrogens with one attached hydrogen (secondary N) is 1. The molecule has 4 rings (SSSR count). The van der Waals surface area contributed by atoms with Gasteiger partial charge < -0.3 is 21.1 Å². The first-order chi connectivity index (χ1) is 18.7. The van der Waals surface area contributed by atoms with Gasteiger partial charge in [-0.3, -0.25) is 14.4 Å². The van der Waals surface area contributed by atoms with Gasteiger partial charge in [-0.1, -0.05) is 73.7 Å². The Labute approximate surface area is 226 Å². The van der Waals surface area contributed by atoms with Gasteiger partial charge in [0.05, 0.1) is 12.3 Å². The van der Waals surface area contributed by atoms with Crippen molar-refractivity contribution in [2.24, 2.45) is 11.7 Å². The molecular formula is C28H31N7O4. The highest BCUT2D eigenvalue weighted by Gasteiger charge is 2.43. The Morgan fingerprint density at radius 1 is 1.13 bits per heavy atom. The van der Waals surface area contributed by atoms with Crippen molar-refractivity contribution in [3.63, 3.8) is 0 Å². The number of primary amides is 1. The lowest BCUT2D eigenvalue weighted by Crippen LogP contribution is -2.54. The number of nitrogens with zero attached hydrogens (tertiary/aromatic N) is 5. The van der Waals surface area contributed by atoms with E-state index in [4.69, 9.17) is 11.0 Å². The van der Waals surface area contributed by atoms with E-state index in [2.05, 4.69) is 15.6 Å². The molecule has 0 spiro atoms. The number of amides is 3. The number of nitriles is 1. The molecular weight excluding hydrogens is 498 g/mol. The third-order valence-corrected chi connectivity index (χ3v) is 6.82. The number of aromatic nitrogens is 3. The van der Waals surface area contributed by atoms with Gasteiger partial charge in [-0.2, -0.15) is 5.26 Å². The van der Waals surface area contributed by atoms with Crippen LogP contribution in [0.1, 0.15) is 37.6 Å². The molecule has 4 atom stereocenters. The molecule has 4 N–H and O–H groups in total. The maximum Gasteiger partial charge on any atom is 0.248 e. The molecule has 0 radical (unpaired) electrons. The molecule has 3 amide bonds. The Hall–Kier alpha value is -4.56. The largest absolute Gasteiger partial charge is 0.391 e. The maximum absolute atomic E-state index is 13.6. The molecule has 3 aromatic rings. The van der Waals surface area contributed by atoms with E-state index in [-0.39, 0.29) is 31.0 Å². The predicted molar refractivity (Wildman–Crippen MR) is 141 cm³/mol. The number of nitrogens with two attached hydrogens (primary N) is 1. The smallest absolute Gasteiger partial charge is 0.248 e. The fourth-order valence-corrected chi connectivity index (χ4v) is 4.83. The summed E-state index contributed by atoms with van der Waals surface area (Å²) in [4.78, 5) is 40.5. The van der Waals surface area contributed by atoms with E-state index >= 15 is 0 Å². The zero-order chi connectivity index (χ0) is 28.1. The van der Waals surface area contributed by atoms with Crippen LogP contribution in [0.5, 0.6) is 0 Å². The summed E-state index contributed by atoms with van der Waals surface area (Å²) in [5.41, 5.74) is 8.56. The number of carbonyl (C=O) groups is 3. The van der Waals surface area contributed by atoms with E-state index in [1.807, 2.05) is 74.5 Å². The normalized spacial score (nSPS) is 18.4. The summed E-state index contributed by atoms with van der Waals surface area (Å²) in [5.74, 6) is -1.98. The van der Waals surface area contributed by atoms with Gasteiger partial charge in [0, 0.05) is 19.4 Å². The number of aliphatic hydroxyl groups is 1. The van der Waals surface area contributed by atoms with Crippen LogP contribution in [-0.4, -0.2) is 67.5 Å². The Balaban J connectivity index is 1.48. The predicted octanol–water partition coefficient (Wildman–Crippen LogP) is 1.19. The summed E-state index contributed by atoms with van der Waals surface area (Å²) in [6, 6.07) is 16.5. The Morgan fingerprint density at radius 2 is 1.79 bits per heavy atom. The van der Waals surface area contributed by atoms with Crippen molar-refractivity contribution < 1.29 is 19.5 Å². The molecule has 0 unspecified atom stereocenters. The van der Waals surface area contributed by atoms with Crippen LogP contribution in [0.25, 0.3) is 11.1 Å². The zero-order valence-electron chi connectivity index (χ0n) is 21.8. The highest BCUT2D eigenvalue weighted by atomic mass is 16.3. The summed E-state index contributed by atoms with van der Waals surface area (Å²) in [7, 11) is 0. The molecule has 2 aromatic carbocycles. The van der Waals surface area contributed by atoms with Gasteiger partial charge in [0.25, 0.3) is 0 Å². The number of hydrogen-bond donors (Lipinski definition) is 3. The number of benzene rings is 2. The summed E-state index contributed by atoms with van der Waals surface area (Å²) < 4.78 is 1.30. The first kappa shape index (κ1) is 27.5. The Kier molecular flexibility index (Phi) is 8.36. The van der Waals surface area contributed by atoms with Gasteiger partial charge in [0.15, 0.2) is 5.69 Å². The lowest BCUT2D eigenvalue weighted by molar-refractivity contribution is -0.143. The topological polar surface area (TPSA) is 167 Å². The molecule has 1 aliphatic rings. The van der Waals surface area contributed by atoms with Crippen molar-refractivity contribution in [3.8, 4) is 17.2 Å². The molecule has 0 saturated carbocycles. The first-order valence-electron chi connectivity index (χ1n) is 12.7. The van der Waals surface area contributed by atoms with Gasteiger partial charge in [-0.25, -0.2) is 4.68 Å². The molecule has 1 aliphatic heterocycles. The number of hydrogen-bond acceptors (Lipinski definition) is 7. The minimum atomic E-state index is -1.01. The molecule has 39 heavy (non-hydrogen) atoms. The van der Waals surface area contributed by atoms with Crippen LogP contribution >= 0.6 is 0 Å². The Bertz CT molecular complexity index is 1360. The summed E-state index contributed by atoms with van der Waals surface area (Å²) in [6.45, 7) is 3.57. The third-order valence-electron chi connectivity index (χ3n) is 6.82. The van der Waals surface area contributed by atoms with Crippen molar-refractivity contribution in [3.05, 3.63) is 72.1 Å². The van der Waals surface area contributed by atoms with E-state index < -0.39 is 42.0 Å². The van der Waals surface area contributed by atoms with Gasteiger partial charge in [-0.05, 0) is 22.6 Å². The molecule has 1 aromatic heterocycles. The van der Waals surface area contributed by atoms with E-state index in [1.54, 1.807) is 0 Å². The second-order valence-corrected chi connectivity index (χ2v) is 10.0. The average molecular weight is 530 g/mol. The van der Waals surface area contributed by atoms with Crippen LogP contribution in [-0.2, 0) is 20.8 Å². The van der Waals surface area contributed by atoms with Crippen molar-refractivity contribution in [1.82, 2.24) is 25.2 Å². The highest BCUT2D eigenvalue weighted by molar-refractivity contribution is 5.93. The lowest BCUT2D eigenvalue weighted by Gasteiger charge is -2.30. The monoisotopic (exact) mass is 529 g/mol. The summed E-state index contributed by atoms with van der Waals surface area (Å²) in [5, 5.41) is 29.8. The van der Waals surface area contributed by atoms with Gasteiger partial charge in [0.1, 0.15) is 24.2 Å². The molecule has 0 aliphatic carbocycles. The van der Waals surface area contributed by atoms with Crippen molar-refractivity contribution in [1.29, 1.82) is 5.26 Å². The molecule has 2 heterocycles. The van der Waals surface area contributed by atoms with Crippen LogP contribution in [0.3, 0.4) is 0 Å². The quantitative estimate of drug-likeness (QED) is 0.374. The van der Waals surface area contributed by atoms with E-state index in [9.17, 15) is 19.5 Å². The van der Waals surface area contributed by atoms with Gasteiger partial charge in [0.2, 0.25) is 17.7 Å². The number of rotatable bonds is 9. The van der Waals surface area contributed by atoms with Crippen LogP contribution in [0, 0.1) is 17.2 Å². The van der Waals surface area contributed by atoms with Crippen LogP contribution in [0.2, 0.25) is 0 Å². The van der Waals surface area contributed by atoms with Crippen LogP contribution in [0.4, 0.5) is 0 Å². The SMILES string of the molecule is CC(C)[C@@H](C(=O)N1C[C@H](O)C[C@H]1C(=O)N[C@H](Cc1ccc(-c2ccccc2)cc1)C(N)=O)n1cc(C#N)nn1. The Morgan fingerprint density at radius 3 is 2.38 bits per heavy atom. The number of carbonyl (C=O) groups excluding carboxylic acids is 3. The van der Waals surface area contributed by atoms with Crippen molar-refractivity contribution >= 4 is 17.7 Å². The lowest BCUT2D eigenvalue weighted by atomic mass is 10.00. The minimum absolute atomic E-state index is 0.0143. The van der Waals surface area contributed by atoms with Crippen molar-refractivity contribution in [2.75, 3.05) is 6.54 Å². The zero-order valence-corrected chi connectivity index (χ0v) is 21.8. The number of aliphatic hydroxyl groups excluding tert-OH is 1. The summed E-state index contributed by atoms with van der Waals surface area (Å²) >= 11 is 0. The van der Waals surface area contributed by atoms with Crippen LogP contribution < -0.4 is 11.1 Å². The first-order valence-corrected chi connectivity index (χ1v) is 12.7. The molecule has 11 heteroatoms. The highest BCUT2D eigenvalue weighted by Crippen LogP contribution is 2.27. The average Bonchev–Trinajstić information content (AvgIpc) is 3.55. The third kappa shape index (κ3) is 6.30. The number of β-amino-alcohol motifs (C(OH)–C–C–N with tert-alkyl or cyclic N) is 1. The molecule has 202 valence electrons. The molecule has 11 nitrogen and oxygen atoms in total. The maximum atomic E-state index is 13.6. The number of likely N-dealkylation sites (tertiary alicyclic amines) is 1. The van der Waals surface area contributed by atoms with Gasteiger partial charge in [-0.15, -0.1) is 5.10 Å². The standard InChI is InChI=1S/C28H31N7O4/c1-17(2)25(35-15-21(14-29)32-33-35)28(39)34-16-22(36)13-24(34)27(38)31-23(26(30)37)12-18-8-10-20(11-9-18)19-6-4-3-5-7-19/h3-11,15,17,22-25,36H,12-13,16H2,1-2H3,(H2,30,37)(H,31,38)/t22-,23-,24+,25+/m1/s1. The van der Waals surface area contributed by atoms with E-state index in [0.29, 0.717) is 0 Å². The molecule has 1 saturated heterocycles. The fraction of sp³-hybridized carbons (Fsp3) is 0.357. The molecule has 1 fully saturated rings. The van der Waals surface area contributed by atoms with E-state index in [1.165, 1.54) is 15.8 Å². The second kappa shape index (κ2) is 11.9. The minimum Gasteiger partial charge on any atom is -0.391 e. The van der Waals surface area contributed by atoms with Gasteiger partial charge >= 0.3 is 0 Å². The van der Waals surface area contributed by atoms with E-state index in [0.717, 1.165) is 16.7 Å². The second-order valence-electron chi connectivity index (χ2n) is 10.0. The fourth-order valence-electron chi connectivity index (χ4n) is 4.83. The summed E-state index contributed by atoms with van der Waals surface area (Å²) in [6.07, 6.45) is 0.640.